The second kappa shape index (κ2) is 12.6. The van der Waals surface area contributed by atoms with Crippen molar-refractivity contribution < 1.29 is 9.21 Å². The Bertz CT molecular complexity index is 1040. The van der Waals surface area contributed by atoms with E-state index in [1.54, 1.807) is 6.26 Å². The zero-order chi connectivity index (χ0) is 23.0. The minimum atomic E-state index is 0. The van der Waals surface area contributed by atoms with Crippen LogP contribution in [-0.4, -0.2) is 36.9 Å². The van der Waals surface area contributed by atoms with Crippen LogP contribution < -0.4 is 10.6 Å². The van der Waals surface area contributed by atoms with Gasteiger partial charge in [0.1, 0.15) is 5.76 Å². The maximum Gasteiger partial charge on any atom is 0.223 e. The van der Waals surface area contributed by atoms with Crippen LogP contribution in [0.2, 0.25) is 0 Å². The van der Waals surface area contributed by atoms with Gasteiger partial charge in [-0.1, -0.05) is 60.7 Å². The number of rotatable bonds is 8. The Kier molecular flexibility index (Phi) is 9.56. The summed E-state index contributed by atoms with van der Waals surface area (Å²) in [5, 5.41) is 6.96. The van der Waals surface area contributed by atoms with Crippen LogP contribution in [0.4, 0.5) is 0 Å². The third-order valence-electron chi connectivity index (χ3n) is 6.22. The quantitative estimate of drug-likeness (QED) is 0.228. The summed E-state index contributed by atoms with van der Waals surface area (Å²) >= 11 is 0. The monoisotopic (exact) mass is 572 g/mol. The highest BCUT2D eigenvalue weighted by molar-refractivity contribution is 14.0. The van der Waals surface area contributed by atoms with Crippen LogP contribution in [0, 0.1) is 5.92 Å². The van der Waals surface area contributed by atoms with Crippen molar-refractivity contribution >= 4 is 35.8 Å². The van der Waals surface area contributed by atoms with Gasteiger partial charge in [0.05, 0.1) is 18.3 Å². The Labute approximate surface area is 218 Å². The fourth-order valence-corrected chi connectivity index (χ4v) is 4.41. The Morgan fingerprint density at radius 3 is 2.47 bits per heavy atom. The number of nitrogens with zero attached hydrogens (tertiary/aromatic N) is 2. The number of benzene rings is 2. The summed E-state index contributed by atoms with van der Waals surface area (Å²) in [4.78, 5) is 19.3. The number of furan rings is 1. The molecule has 6 nitrogen and oxygen atoms in total. The maximum atomic E-state index is 12.5. The summed E-state index contributed by atoms with van der Waals surface area (Å²) in [6, 6.07) is 24.6. The van der Waals surface area contributed by atoms with Gasteiger partial charge in [0, 0.05) is 38.9 Å². The van der Waals surface area contributed by atoms with E-state index in [1.807, 2.05) is 60.5 Å². The molecule has 3 unspecified atom stereocenters. The van der Waals surface area contributed by atoms with E-state index < -0.39 is 0 Å². The van der Waals surface area contributed by atoms with Gasteiger partial charge in [-0.2, -0.15) is 0 Å². The lowest BCUT2D eigenvalue weighted by atomic mass is 9.94. The highest BCUT2D eigenvalue weighted by atomic mass is 127. The second-order valence-electron chi connectivity index (χ2n) is 8.55. The minimum absolute atomic E-state index is 0. The lowest BCUT2D eigenvalue weighted by Gasteiger charge is -2.25. The number of likely N-dealkylation sites (tertiary alicyclic amines) is 1. The van der Waals surface area contributed by atoms with Gasteiger partial charge in [0.25, 0.3) is 0 Å². The van der Waals surface area contributed by atoms with Crippen LogP contribution in [0.3, 0.4) is 0 Å². The van der Waals surface area contributed by atoms with E-state index >= 15 is 0 Å². The third-order valence-corrected chi connectivity index (χ3v) is 6.22. The first-order chi connectivity index (χ1) is 16.1. The number of amides is 1. The minimum Gasteiger partial charge on any atom is -0.469 e. The zero-order valence-corrected chi connectivity index (χ0v) is 22.0. The van der Waals surface area contributed by atoms with Crippen LogP contribution in [-0.2, 0) is 11.2 Å². The summed E-state index contributed by atoms with van der Waals surface area (Å²) in [5.74, 6) is 1.97. The predicted molar refractivity (Wildman–Crippen MR) is 146 cm³/mol. The average molecular weight is 572 g/mol. The second-order valence-corrected chi connectivity index (χ2v) is 8.55. The van der Waals surface area contributed by atoms with Crippen LogP contribution >= 0.6 is 24.0 Å². The van der Waals surface area contributed by atoms with Crippen LogP contribution in [0.1, 0.15) is 42.3 Å². The predicted octanol–water partition coefficient (Wildman–Crippen LogP) is 4.96. The summed E-state index contributed by atoms with van der Waals surface area (Å²) in [6.45, 7) is 3.39. The van der Waals surface area contributed by atoms with Gasteiger partial charge < -0.3 is 20.0 Å². The van der Waals surface area contributed by atoms with E-state index in [9.17, 15) is 4.79 Å². The molecule has 4 rings (SSSR count). The Hall–Kier alpha value is -2.81. The molecule has 0 aliphatic carbocycles. The molecule has 0 saturated carbocycles. The first kappa shape index (κ1) is 25.8. The summed E-state index contributed by atoms with van der Waals surface area (Å²) in [5.41, 5.74) is 2.35. The first-order valence-corrected chi connectivity index (χ1v) is 11.5. The van der Waals surface area contributed by atoms with Crippen molar-refractivity contribution in [2.75, 3.05) is 20.1 Å². The number of hydrogen-bond donors (Lipinski definition) is 2. The lowest BCUT2D eigenvalue weighted by molar-refractivity contribution is -0.127. The zero-order valence-electron chi connectivity index (χ0n) is 19.7. The van der Waals surface area contributed by atoms with Gasteiger partial charge >= 0.3 is 0 Å². The molecule has 3 aromatic rings. The molecule has 1 aliphatic rings. The number of hydrogen-bond acceptors (Lipinski definition) is 3. The van der Waals surface area contributed by atoms with Crippen LogP contribution in [0.25, 0.3) is 0 Å². The molecule has 2 heterocycles. The number of guanidine groups is 1. The highest BCUT2D eigenvalue weighted by Crippen LogP contribution is 2.37. The molecule has 0 bridgehead atoms. The lowest BCUT2D eigenvalue weighted by Crippen LogP contribution is -2.40. The molecule has 1 amide bonds. The molecule has 1 aromatic heterocycles. The molecule has 180 valence electrons. The summed E-state index contributed by atoms with van der Waals surface area (Å²) in [6.07, 6.45) is 2.97. The van der Waals surface area contributed by atoms with E-state index in [-0.39, 0.29) is 47.9 Å². The Morgan fingerprint density at radius 1 is 1.09 bits per heavy atom. The number of carbonyl (C=O) groups is 1. The third kappa shape index (κ3) is 6.62. The molecule has 1 fully saturated rings. The van der Waals surface area contributed by atoms with Crippen molar-refractivity contribution in [3.8, 4) is 0 Å². The van der Waals surface area contributed by atoms with Crippen molar-refractivity contribution in [2.24, 2.45) is 10.9 Å². The molecular formula is C27H33IN4O2. The summed E-state index contributed by atoms with van der Waals surface area (Å²) in [7, 11) is 1.89. The average Bonchev–Trinajstić information content (AvgIpc) is 3.46. The van der Waals surface area contributed by atoms with E-state index in [2.05, 4.69) is 41.8 Å². The first-order valence-electron chi connectivity index (χ1n) is 11.5. The van der Waals surface area contributed by atoms with Gasteiger partial charge in [-0.15, -0.1) is 24.0 Å². The van der Waals surface area contributed by atoms with Gasteiger partial charge in [0.2, 0.25) is 5.91 Å². The fraction of sp³-hybridized carbons (Fsp3) is 0.333. The van der Waals surface area contributed by atoms with Crippen molar-refractivity contribution in [1.82, 2.24) is 15.5 Å². The van der Waals surface area contributed by atoms with E-state index in [0.29, 0.717) is 19.5 Å². The van der Waals surface area contributed by atoms with E-state index in [4.69, 9.17) is 9.41 Å². The normalized spacial score (nSPS) is 18.9. The molecule has 1 aliphatic heterocycles. The molecule has 0 spiro atoms. The van der Waals surface area contributed by atoms with E-state index in [1.165, 1.54) is 5.56 Å². The highest BCUT2D eigenvalue weighted by Gasteiger charge is 2.38. The fourth-order valence-electron chi connectivity index (χ4n) is 4.41. The Balaban J connectivity index is 0.00000324. The molecular weight excluding hydrogens is 539 g/mol. The maximum absolute atomic E-state index is 12.5. The largest absolute Gasteiger partial charge is 0.469 e. The number of aliphatic imine (C=N–C) groups is 1. The molecule has 1 saturated heterocycles. The molecule has 3 atom stereocenters. The molecule has 2 N–H and O–H groups in total. The van der Waals surface area contributed by atoms with Gasteiger partial charge in [0.15, 0.2) is 5.96 Å². The standard InChI is InChI=1S/C27H32N4O2.HI/c1-20(21-10-5-3-6-11-21)30-27(28-16-15-24-14-9-17-33-24)29-19-23-18-25(32)31(2)26(23)22-12-7-4-8-13-22;/h3-14,17,20,23,26H,15-16,18-19H2,1-2H3,(H2,28,29,30);1H. The van der Waals surface area contributed by atoms with Crippen molar-refractivity contribution in [1.29, 1.82) is 0 Å². The SMILES string of the molecule is CC(NC(=NCC1CC(=O)N(C)C1c1ccccc1)NCCc1ccco1)c1ccccc1.I. The number of nitrogens with one attached hydrogen (secondary N) is 2. The van der Waals surface area contributed by atoms with Crippen molar-refractivity contribution in [2.45, 2.75) is 31.8 Å². The van der Waals surface area contributed by atoms with Gasteiger partial charge in [-0.05, 0) is 30.2 Å². The molecule has 2 aromatic carbocycles. The van der Waals surface area contributed by atoms with Crippen molar-refractivity contribution in [3.63, 3.8) is 0 Å². The van der Waals surface area contributed by atoms with Crippen LogP contribution in [0.5, 0.6) is 0 Å². The van der Waals surface area contributed by atoms with Gasteiger partial charge in [-0.25, -0.2) is 0 Å². The Morgan fingerprint density at radius 2 is 1.79 bits per heavy atom. The van der Waals surface area contributed by atoms with E-state index in [0.717, 1.165) is 23.7 Å². The van der Waals surface area contributed by atoms with Crippen LogP contribution in [0.15, 0.2) is 88.5 Å². The molecule has 34 heavy (non-hydrogen) atoms. The van der Waals surface area contributed by atoms with Crippen molar-refractivity contribution in [3.05, 3.63) is 95.9 Å². The smallest absolute Gasteiger partial charge is 0.223 e. The number of halogens is 1. The summed E-state index contributed by atoms with van der Waals surface area (Å²) < 4.78 is 5.45. The molecule has 7 heteroatoms. The number of carbonyl (C=O) groups excluding carboxylic acids is 1. The van der Waals surface area contributed by atoms with Gasteiger partial charge in [-0.3, -0.25) is 9.79 Å². The topological polar surface area (TPSA) is 69.9 Å². The molecule has 0 radical (unpaired) electrons.